The summed E-state index contributed by atoms with van der Waals surface area (Å²) in [5.74, 6) is 0.602. The maximum atomic E-state index is 10.5. The zero-order chi connectivity index (χ0) is 18.6. The van der Waals surface area contributed by atoms with Crippen LogP contribution in [0.4, 0.5) is 5.69 Å². The number of aliphatic hydroxyl groups is 1. The zero-order valence-corrected chi connectivity index (χ0v) is 15.0. The van der Waals surface area contributed by atoms with Gasteiger partial charge in [0.25, 0.3) is 0 Å². The Morgan fingerprint density at radius 2 is 1.92 bits per heavy atom. The minimum Gasteiger partial charge on any atom is -0.509 e. The Morgan fingerprint density at radius 3 is 2.69 bits per heavy atom. The highest BCUT2D eigenvalue weighted by Crippen LogP contribution is 2.37. The first-order valence-corrected chi connectivity index (χ1v) is 8.45. The number of imidazole rings is 1. The minimum absolute atomic E-state index is 0.00572. The molecule has 4 rings (SSSR count). The van der Waals surface area contributed by atoms with Crippen LogP contribution in [0.1, 0.15) is 11.4 Å². The predicted molar refractivity (Wildman–Crippen MR) is 103 cm³/mol. The van der Waals surface area contributed by atoms with Gasteiger partial charge < -0.3 is 19.7 Å². The van der Waals surface area contributed by atoms with Crippen LogP contribution in [0.15, 0.2) is 42.2 Å². The van der Waals surface area contributed by atoms with Crippen molar-refractivity contribution in [2.24, 2.45) is 7.05 Å². The number of amidine groups is 1. The molecule has 0 spiro atoms. The molecule has 26 heavy (non-hydrogen) atoms. The van der Waals surface area contributed by atoms with Gasteiger partial charge in [-0.2, -0.15) is 0 Å². The van der Waals surface area contributed by atoms with Crippen molar-refractivity contribution in [2.45, 2.75) is 6.92 Å². The molecule has 0 saturated heterocycles. The van der Waals surface area contributed by atoms with E-state index in [1.165, 1.54) is 11.0 Å². The van der Waals surface area contributed by atoms with Crippen LogP contribution >= 0.6 is 11.6 Å². The summed E-state index contributed by atoms with van der Waals surface area (Å²) in [6.45, 7) is 2.07. The maximum Gasteiger partial charge on any atom is 0.148 e. The summed E-state index contributed by atoms with van der Waals surface area (Å²) in [7, 11) is 1.85. The van der Waals surface area contributed by atoms with Gasteiger partial charge >= 0.3 is 0 Å². The first-order valence-electron chi connectivity index (χ1n) is 8.07. The number of aryl methyl sites for hydroxylation is 2. The fraction of sp³-hybridized carbons (Fsp3) is 0.158. The van der Waals surface area contributed by atoms with Crippen molar-refractivity contribution in [2.75, 3.05) is 11.4 Å². The molecular formula is C19H17ClN4O2. The lowest BCUT2D eigenvalue weighted by Gasteiger charge is -2.20. The second kappa shape index (κ2) is 5.78. The van der Waals surface area contributed by atoms with Crippen LogP contribution in [0, 0.1) is 12.3 Å². The van der Waals surface area contributed by atoms with Gasteiger partial charge in [-0.25, -0.2) is 4.98 Å². The highest BCUT2D eigenvalue weighted by Gasteiger charge is 2.33. The lowest BCUT2D eigenvalue weighted by molar-refractivity contribution is 0.410. The fourth-order valence-corrected chi connectivity index (χ4v) is 3.43. The SMILES string of the molecule is Cc1ccc2c(c1)nc(C1=C(O)CN(c3cc(Cl)ccc3O)C1=N)n2C. The van der Waals surface area contributed by atoms with Gasteiger partial charge in [0.05, 0.1) is 28.8 Å². The Morgan fingerprint density at radius 1 is 1.15 bits per heavy atom. The summed E-state index contributed by atoms with van der Waals surface area (Å²) in [4.78, 5) is 6.12. The topological polar surface area (TPSA) is 85.4 Å². The molecule has 0 bridgehead atoms. The number of aromatic hydroxyl groups is 1. The number of nitrogens with zero attached hydrogens (tertiary/aromatic N) is 3. The minimum atomic E-state index is -0.00572. The van der Waals surface area contributed by atoms with Crippen LogP contribution < -0.4 is 4.90 Å². The third kappa shape index (κ3) is 2.42. The van der Waals surface area contributed by atoms with Gasteiger partial charge in [-0.05, 0) is 42.8 Å². The monoisotopic (exact) mass is 368 g/mol. The van der Waals surface area contributed by atoms with Crippen molar-refractivity contribution >= 4 is 39.7 Å². The van der Waals surface area contributed by atoms with E-state index in [2.05, 4.69) is 4.98 Å². The summed E-state index contributed by atoms with van der Waals surface area (Å²) >= 11 is 6.03. The van der Waals surface area contributed by atoms with E-state index < -0.39 is 0 Å². The Kier molecular flexibility index (Phi) is 3.66. The molecule has 0 amide bonds. The lowest BCUT2D eigenvalue weighted by atomic mass is 10.2. The molecule has 0 unspecified atom stereocenters. The second-order valence-electron chi connectivity index (χ2n) is 6.38. The number of aliphatic hydroxyl groups excluding tert-OH is 1. The smallest absolute Gasteiger partial charge is 0.148 e. The van der Waals surface area contributed by atoms with Crippen LogP contribution in [0.5, 0.6) is 5.75 Å². The largest absolute Gasteiger partial charge is 0.509 e. The number of nitrogens with one attached hydrogen (secondary N) is 1. The number of hydrogen-bond donors (Lipinski definition) is 3. The number of benzene rings is 2. The molecule has 3 N–H and O–H groups in total. The molecule has 0 atom stereocenters. The average Bonchev–Trinajstić information content (AvgIpc) is 3.06. The molecule has 2 heterocycles. The molecule has 1 aliphatic rings. The van der Waals surface area contributed by atoms with Crippen molar-refractivity contribution in [1.82, 2.24) is 9.55 Å². The van der Waals surface area contributed by atoms with Gasteiger partial charge in [0.1, 0.15) is 23.2 Å². The van der Waals surface area contributed by atoms with E-state index in [9.17, 15) is 10.2 Å². The van der Waals surface area contributed by atoms with Crippen LogP contribution in [0.25, 0.3) is 16.6 Å². The van der Waals surface area contributed by atoms with E-state index in [-0.39, 0.29) is 23.9 Å². The molecule has 7 heteroatoms. The van der Waals surface area contributed by atoms with Crippen molar-refractivity contribution in [1.29, 1.82) is 5.41 Å². The number of phenols is 1. The van der Waals surface area contributed by atoms with Gasteiger partial charge in [-0.1, -0.05) is 17.7 Å². The van der Waals surface area contributed by atoms with E-state index in [4.69, 9.17) is 17.0 Å². The number of hydrogen-bond acceptors (Lipinski definition) is 4. The Bertz CT molecular complexity index is 1100. The predicted octanol–water partition coefficient (Wildman–Crippen LogP) is 4.01. The number of aromatic nitrogens is 2. The van der Waals surface area contributed by atoms with Crippen LogP contribution in [-0.2, 0) is 7.05 Å². The van der Waals surface area contributed by atoms with E-state index in [0.717, 1.165) is 16.6 Å². The molecule has 0 saturated carbocycles. The number of fused-ring (bicyclic) bond motifs is 1. The van der Waals surface area contributed by atoms with Crippen molar-refractivity contribution in [3.05, 3.63) is 58.6 Å². The van der Waals surface area contributed by atoms with Gasteiger partial charge in [0, 0.05) is 12.1 Å². The summed E-state index contributed by atoms with van der Waals surface area (Å²) in [5, 5.41) is 29.7. The maximum absolute atomic E-state index is 10.5. The zero-order valence-electron chi connectivity index (χ0n) is 14.3. The first kappa shape index (κ1) is 16.5. The van der Waals surface area contributed by atoms with Gasteiger partial charge in [-0.3, -0.25) is 5.41 Å². The lowest BCUT2D eigenvalue weighted by Crippen LogP contribution is -2.26. The normalized spacial score (nSPS) is 14.7. The first-order chi connectivity index (χ1) is 12.4. The molecule has 0 aliphatic carbocycles. The second-order valence-corrected chi connectivity index (χ2v) is 6.81. The molecule has 3 aromatic rings. The Labute approximate surface area is 155 Å². The van der Waals surface area contributed by atoms with Crippen LogP contribution in [0.2, 0.25) is 5.02 Å². The number of phenolic OH excluding ortho intramolecular Hbond substituents is 1. The summed E-state index contributed by atoms with van der Waals surface area (Å²) < 4.78 is 1.86. The summed E-state index contributed by atoms with van der Waals surface area (Å²) in [6.07, 6.45) is 0. The number of rotatable bonds is 2. The van der Waals surface area contributed by atoms with Crippen LogP contribution in [0.3, 0.4) is 0 Å². The molecule has 6 nitrogen and oxygen atoms in total. The van der Waals surface area contributed by atoms with E-state index >= 15 is 0 Å². The van der Waals surface area contributed by atoms with Crippen molar-refractivity contribution in [3.8, 4) is 5.75 Å². The van der Waals surface area contributed by atoms with E-state index in [0.29, 0.717) is 22.1 Å². The molecule has 0 fully saturated rings. The van der Waals surface area contributed by atoms with E-state index in [1.807, 2.05) is 36.7 Å². The Hall–Kier alpha value is -2.99. The summed E-state index contributed by atoms with van der Waals surface area (Å²) in [6, 6.07) is 10.5. The Balaban J connectivity index is 1.81. The molecule has 2 aromatic carbocycles. The highest BCUT2D eigenvalue weighted by atomic mass is 35.5. The van der Waals surface area contributed by atoms with Gasteiger partial charge in [0.2, 0.25) is 0 Å². The average molecular weight is 369 g/mol. The van der Waals surface area contributed by atoms with Crippen molar-refractivity contribution < 1.29 is 10.2 Å². The molecular weight excluding hydrogens is 352 g/mol. The van der Waals surface area contributed by atoms with Gasteiger partial charge in [0.15, 0.2) is 0 Å². The molecule has 1 aromatic heterocycles. The third-order valence-corrected chi connectivity index (χ3v) is 4.83. The highest BCUT2D eigenvalue weighted by molar-refractivity contribution is 6.33. The number of anilines is 1. The van der Waals surface area contributed by atoms with E-state index in [1.54, 1.807) is 12.1 Å². The van der Waals surface area contributed by atoms with Gasteiger partial charge in [-0.15, -0.1) is 0 Å². The quantitative estimate of drug-likeness (QED) is 0.638. The van der Waals surface area contributed by atoms with Crippen molar-refractivity contribution in [3.63, 3.8) is 0 Å². The number of halogens is 1. The van der Waals surface area contributed by atoms with Crippen LogP contribution in [-0.4, -0.2) is 32.1 Å². The standard InChI is InChI=1S/C19H17ClN4O2/c1-10-3-5-13-12(7-10)22-19(23(13)2)17-16(26)9-24(18(17)21)14-8-11(20)4-6-15(14)25/h3-8,21,25-26H,9H2,1-2H3. The fourth-order valence-electron chi connectivity index (χ4n) is 3.27. The molecule has 0 radical (unpaired) electrons. The third-order valence-electron chi connectivity index (χ3n) is 4.59. The summed E-state index contributed by atoms with van der Waals surface area (Å²) in [5.41, 5.74) is 3.54. The molecule has 1 aliphatic heterocycles. The molecule has 132 valence electrons.